The van der Waals surface area contributed by atoms with E-state index in [1.807, 2.05) is 0 Å². The van der Waals surface area contributed by atoms with Crippen molar-refractivity contribution in [3.8, 4) is 5.75 Å². The van der Waals surface area contributed by atoms with Crippen LogP contribution in [0.4, 0.5) is 0 Å². The number of carboxylic acid groups (broad SMARTS) is 2. The third-order valence-corrected chi connectivity index (χ3v) is 5.05. The zero-order valence-electron chi connectivity index (χ0n) is 16.4. The van der Waals surface area contributed by atoms with Gasteiger partial charge in [-0.15, -0.1) is 0 Å². The summed E-state index contributed by atoms with van der Waals surface area (Å²) in [6.45, 7) is 1.48. The Bertz CT molecular complexity index is 895. The number of hydrogen-bond donors (Lipinski definition) is 3. The Balaban J connectivity index is 0.00000132. The van der Waals surface area contributed by atoms with Gasteiger partial charge in [0.25, 0.3) is 0 Å². The number of rotatable bonds is 7. The number of Topliss-reactive ketones (excluding diaryl/α,β-unsaturated/α-hetero) is 1. The van der Waals surface area contributed by atoms with Gasteiger partial charge in [0.2, 0.25) is 0 Å². The number of ketones is 1. The SMILES string of the molecule is COC.COc1ccc2cc(C(C)C(=O)[C@H](C(=O)O)[C@@H](O)C(=O)O)ccc2c1Br. The quantitative estimate of drug-likeness (QED) is 0.526. The molecule has 0 spiro atoms. The fourth-order valence-corrected chi connectivity index (χ4v) is 3.36. The minimum absolute atomic E-state index is 0.517. The number of halogens is 1. The number of aliphatic hydroxyl groups excluding tert-OH is 1. The standard InChI is InChI=1S/C18H17BrO7.C2H6O/c1-8(15(20)13(17(22)23)16(21)18(24)25)9-3-5-11-10(7-9)4-6-12(26-2)14(11)19;1-3-2/h3-8,13,16,21H,1-2H3,(H,22,23)(H,24,25);1-2H3/t8?,13-,16+;/m0./s1. The number of methoxy groups -OCH3 is 2. The first kappa shape index (κ1) is 24.5. The van der Waals surface area contributed by atoms with E-state index in [1.165, 1.54) is 6.92 Å². The van der Waals surface area contributed by atoms with Gasteiger partial charge < -0.3 is 24.8 Å². The third kappa shape index (κ3) is 5.75. The van der Waals surface area contributed by atoms with Crippen molar-refractivity contribution in [2.24, 2.45) is 5.92 Å². The van der Waals surface area contributed by atoms with Gasteiger partial charge in [-0.05, 0) is 38.3 Å². The van der Waals surface area contributed by atoms with Crippen LogP contribution in [0.25, 0.3) is 10.8 Å². The summed E-state index contributed by atoms with van der Waals surface area (Å²) in [4.78, 5) is 34.7. The molecule has 2 aromatic rings. The van der Waals surface area contributed by atoms with Crippen LogP contribution in [-0.4, -0.2) is 60.5 Å². The molecule has 0 aliphatic heterocycles. The highest BCUT2D eigenvalue weighted by Gasteiger charge is 2.40. The minimum atomic E-state index is -2.30. The van der Waals surface area contributed by atoms with E-state index < -0.39 is 35.7 Å². The van der Waals surface area contributed by atoms with Gasteiger partial charge in [-0.1, -0.05) is 31.2 Å². The van der Waals surface area contributed by atoms with Gasteiger partial charge in [0.05, 0.1) is 11.6 Å². The summed E-state index contributed by atoms with van der Waals surface area (Å²) in [6, 6.07) is 8.66. The summed E-state index contributed by atoms with van der Waals surface area (Å²) in [5.41, 5.74) is 0.517. The van der Waals surface area contributed by atoms with E-state index in [1.54, 1.807) is 51.7 Å². The van der Waals surface area contributed by atoms with Crippen LogP contribution in [0.1, 0.15) is 18.4 Å². The van der Waals surface area contributed by atoms with E-state index in [4.69, 9.17) is 14.9 Å². The van der Waals surface area contributed by atoms with Crippen molar-refractivity contribution in [2.45, 2.75) is 18.9 Å². The Morgan fingerprint density at radius 2 is 1.59 bits per heavy atom. The number of carboxylic acids is 2. The molecule has 0 saturated carbocycles. The number of ether oxygens (including phenoxy) is 2. The normalized spacial score (nSPS) is 13.6. The van der Waals surface area contributed by atoms with E-state index in [2.05, 4.69) is 20.7 Å². The number of carbonyl (C=O) groups excluding carboxylic acids is 1. The van der Waals surface area contributed by atoms with Crippen LogP contribution in [0.2, 0.25) is 0 Å². The third-order valence-electron chi connectivity index (χ3n) is 4.23. The molecule has 0 fully saturated rings. The van der Waals surface area contributed by atoms with Gasteiger partial charge >= 0.3 is 11.9 Å². The van der Waals surface area contributed by atoms with Crippen molar-refractivity contribution in [3.63, 3.8) is 0 Å². The molecule has 0 amide bonds. The van der Waals surface area contributed by atoms with Gasteiger partial charge in [0.1, 0.15) is 5.75 Å². The van der Waals surface area contributed by atoms with E-state index in [0.29, 0.717) is 11.3 Å². The maximum Gasteiger partial charge on any atom is 0.333 e. The highest BCUT2D eigenvalue weighted by molar-refractivity contribution is 9.10. The smallest absolute Gasteiger partial charge is 0.333 e. The summed E-state index contributed by atoms with van der Waals surface area (Å²) in [5, 5.41) is 29.2. The van der Waals surface area contributed by atoms with Crippen molar-refractivity contribution in [1.29, 1.82) is 0 Å². The van der Waals surface area contributed by atoms with Gasteiger partial charge in [-0.25, -0.2) is 4.79 Å². The average molecular weight is 471 g/mol. The Hall–Kier alpha value is -2.49. The summed E-state index contributed by atoms with van der Waals surface area (Å²) < 4.78 is 10.2. The minimum Gasteiger partial charge on any atom is -0.496 e. The predicted molar refractivity (Wildman–Crippen MR) is 109 cm³/mol. The summed E-state index contributed by atoms with van der Waals surface area (Å²) in [5.74, 6) is -6.61. The first-order valence-electron chi connectivity index (χ1n) is 8.44. The topological polar surface area (TPSA) is 130 Å². The molecule has 1 unspecified atom stereocenters. The molecule has 0 aliphatic rings. The van der Waals surface area contributed by atoms with E-state index >= 15 is 0 Å². The largest absolute Gasteiger partial charge is 0.496 e. The van der Waals surface area contributed by atoms with Crippen molar-refractivity contribution in [1.82, 2.24) is 0 Å². The molecule has 0 aromatic heterocycles. The second kappa shape index (κ2) is 10.9. The summed E-state index contributed by atoms with van der Waals surface area (Å²) in [6.07, 6.45) is -2.30. The maximum atomic E-state index is 12.5. The lowest BCUT2D eigenvalue weighted by Gasteiger charge is -2.19. The molecule has 9 heteroatoms. The fraction of sp³-hybridized carbons (Fsp3) is 0.350. The molecule has 0 bridgehead atoms. The van der Waals surface area contributed by atoms with Gasteiger partial charge in [0.15, 0.2) is 17.8 Å². The molecule has 0 saturated heterocycles. The second-order valence-corrected chi connectivity index (χ2v) is 6.99. The molecule has 3 atom stereocenters. The fourth-order valence-electron chi connectivity index (χ4n) is 2.71. The Morgan fingerprint density at radius 1 is 1.00 bits per heavy atom. The molecule has 2 aromatic carbocycles. The molecule has 3 N–H and O–H groups in total. The van der Waals surface area contributed by atoms with Crippen LogP contribution < -0.4 is 4.74 Å². The van der Waals surface area contributed by atoms with Gasteiger partial charge in [-0.3, -0.25) is 9.59 Å². The number of aliphatic carboxylic acids is 2. The van der Waals surface area contributed by atoms with E-state index in [-0.39, 0.29) is 0 Å². The molecule has 0 aliphatic carbocycles. The maximum absolute atomic E-state index is 12.5. The van der Waals surface area contributed by atoms with Gasteiger partial charge in [0, 0.05) is 20.1 Å². The number of hydrogen-bond acceptors (Lipinski definition) is 6. The van der Waals surface area contributed by atoms with Gasteiger partial charge in [-0.2, -0.15) is 0 Å². The van der Waals surface area contributed by atoms with Crippen molar-refractivity contribution < 1.29 is 39.2 Å². The van der Waals surface area contributed by atoms with Crippen molar-refractivity contribution >= 4 is 44.4 Å². The molecule has 29 heavy (non-hydrogen) atoms. The Morgan fingerprint density at radius 3 is 2.07 bits per heavy atom. The first-order chi connectivity index (χ1) is 13.6. The molecule has 158 valence electrons. The zero-order valence-corrected chi connectivity index (χ0v) is 18.0. The van der Waals surface area contributed by atoms with Crippen LogP contribution in [0.3, 0.4) is 0 Å². The Labute approximate surface area is 176 Å². The van der Waals surface area contributed by atoms with E-state index in [9.17, 15) is 19.5 Å². The lowest BCUT2D eigenvalue weighted by Crippen LogP contribution is -2.41. The lowest BCUT2D eigenvalue weighted by molar-refractivity contribution is -0.163. The zero-order chi connectivity index (χ0) is 22.3. The summed E-state index contributed by atoms with van der Waals surface area (Å²) >= 11 is 3.44. The second-order valence-electron chi connectivity index (χ2n) is 6.19. The van der Waals surface area contributed by atoms with E-state index in [0.717, 1.165) is 15.2 Å². The number of benzene rings is 2. The predicted octanol–water partition coefficient (Wildman–Crippen LogP) is 2.69. The van der Waals surface area contributed by atoms with Crippen molar-refractivity contribution in [2.75, 3.05) is 21.3 Å². The molecule has 0 radical (unpaired) electrons. The molecule has 0 heterocycles. The number of fused-ring (bicyclic) bond motifs is 1. The summed E-state index contributed by atoms with van der Waals surface area (Å²) in [7, 11) is 4.79. The lowest BCUT2D eigenvalue weighted by atomic mass is 9.85. The molecular weight excluding hydrogens is 448 g/mol. The first-order valence-corrected chi connectivity index (χ1v) is 9.23. The van der Waals surface area contributed by atoms with Crippen LogP contribution in [0.5, 0.6) is 5.75 Å². The van der Waals surface area contributed by atoms with Crippen LogP contribution in [-0.2, 0) is 19.1 Å². The van der Waals surface area contributed by atoms with Crippen LogP contribution in [0.15, 0.2) is 34.8 Å². The number of carbonyl (C=O) groups is 3. The highest BCUT2D eigenvalue weighted by Crippen LogP contribution is 2.35. The molecule has 2 rings (SSSR count). The number of aliphatic hydroxyl groups is 1. The van der Waals surface area contributed by atoms with Crippen LogP contribution >= 0.6 is 15.9 Å². The van der Waals surface area contributed by atoms with Crippen LogP contribution in [0, 0.1) is 5.92 Å². The monoisotopic (exact) mass is 470 g/mol. The highest BCUT2D eigenvalue weighted by atomic mass is 79.9. The average Bonchev–Trinajstić information content (AvgIpc) is 2.67. The van der Waals surface area contributed by atoms with Crippen molar-refractivity contribution in [3.05, 3.63) is 40.4 Å². The Kier molecular flexibility index (Phi) is 9.22. The molecular formula is C20H23BrO8. The molecule has 8 nitrogen and oxygen atoms in total.